The second-order valence-corrected chi connectivity index (χ2v) is 7.92. The number of aliphatic hydroxyl groups excluding tert-OH is 1. The lowest BCUT2D eigenvalue weighted by Crippen LogP contribution is -2.44. The molecule has 1 aliphatic rings. The highest BCUT2D eigenvalue weighted by Gasteiger charge is 2.77. The highest BCUT2D eigenvalue weighted by atomic mass is 32.2. The van der Waals surface area contributed by atoms with E-state index in [0.717, 1.165) is 5.56 Å². The molecule has 0 aliphatic carbocycles. The number of rotatable bonds is 4. The van der Waals surface area contributed by atoms with Gasteiger partial charge in [-0.25, -0.2) is 8.42 Å². The van der Waals surface area contributed by atoms with Crippen LogP contribution in [0.15, 0.2) is 59.5 Å². The van der Waals surface area contributed by atoms with Gasteiger partial charge in [0.15, 0.2) is 5.54 Å². The monoisotopic (exact) mass is 371 g/mol. The zero-order valence-electron chi connectivity index (χ0n) is 13.2. The Hall–Kier alpha value is -1.90. The minimum absolute atomic E-state index is 0.0152. The van der Waals surface area contributed by atoms with E-state index in [1.807, 2.05) is 0 Å². The van der Waals surface area contributed by atoms with E-state index in [-0.39, 0.29) is 10.5 Å². The first kappa shape index (κ1) is 17.9. The maximum atomic E-state index is 13.7. The Morgan fingerprint density at radius 2 is 1.64 bits per heavy atom. The highest BCUT2D eigenvalue weighted by Crippen LogP contribution is 2.56. The van der Waals surface area contributed by atoms with Gasteiger partial charge in [-0.05, 0) is 24.6 Å². The molecule has 3 atom stereocenters. The predicted molar refractivity (Wildman–Crippen MR) is 85.3 cm³/mol. The van der Waals surface area contributed by atoms with Crippen molar-refractivity contribution >= 4 is 10.0 Å². The molecule has 134 valence electrons. The maximum Gasteiger partial charge on any atom is 0.411 e. The zero-order valence-corrected chi connectivity index (χ0v) is 14.1. The molecule has 1 fully saturated rings. The summed E-state index contributed by atoms with van der Waals surface area (Å²) in [6.45, 7) is 0.926. The van der Waals surface area contributed by atoms with E-state index in [1.54, 1.807) is 13.0 Å². The van der Waals surface area contributed by atoms with Crippen LogP contribution in [0.5, 0.6) is 0 Å². The summed E-state index contributed by atoms with van der Waals surface area (Å²) in [6.07, 6.45) is -6.92. The van der Waals surface area contributed by atoms with Crippen LogP contribution in [-0.4, -0.2) is 36.1 Å². The van der Waals surface area contributed by atoms with Crippen LogP contribution in [0, 0.1) is 6.92 Å². The fourth-order valence-electron chi connectivity index (χ4n) is 2.84. The van der Waals surface area contributed by atoms with Crippen LogP contribution in [0.2, 0.25) is 0 Å². The second kappa shape index (κ2) is 5.82. The maximum absolute atomic E-state index is 13.7. The third-order valence-corrected chi connectivity index (χ3v) is 6.30. The lowest BCUT2D eigenvalue weighted by Gasteiger charge is -2.26. The van der Waals surface area contributed by atoms with Crippen molar-refractivity contribution < 1.29 is 26.7 Å². The van der Waals surface area contributed by atoms with Gasteiger partial charge in [0.25, 0.3) is 0 Å². The van der Waals surface area contributed by atoms with Gasteiger partial charge in [0.05, 0.1) is 4.90 Å². The Morgan fingerprint density at radius 3 is 2.16 bits per heavy atom. The molecular weight excluding hydrogens is 355 g/mol. The van der Waals surface area contributed by atoms with Crippen molar-refractivity contribution in [1.29, 1.82) is 0 Å². The van der Waals surface area contributed by atoms with E-state index in [4.69, 9.17) is 0 Å². The van der Waals surface area contributed by atoms with Crippen LogP contribution in [0.25, 0.3) is 0 Å². The van der Waals surface area contributed by atoms with Gasteiger partial charge in [0.2, 0.25) is 10.0 Å². The molecule has 1 saturated heterocycles. The molecule has 0 aromatic heterocycles. The minimum atomic E-state index is -4.92. The largest absolute Gasteiger partial charge is 0.411 e. The molecule has 0 spiro atoms. The molecule has 1 aliphatic heterocycles. The Kier molecular flexibility index (Phi) is 4.17. The van der Waals surface area contributed by atoms with E-state index >= 15 is 0 Å². The minimum Gasteiger partial charge on any atom is -0.386 e. The summed E-state index contributed by atoms with van der Waals surface area (Å²) in [6, 6.07) is 12.8. The number of sulfonamides is 1. The summed E-state index contributed by atoms with van der Waals surface area (Å²) in [4.78, 5) is -0.232. The van der Waals surface area contributed by atoms with Gasteiger partial charge in [-0.2, -0.15) is 17.5 Å². The molecule has 2 aromatic carbocycles. The normalized spacial score (nSPS) is 24.8. The number of benzene rings is 2. The van der Waals surface area contributed by atoms with Gasteiger partial charge in [0, 0.05) is 6.54 Å². The smallest absolute Gasteiger partial charge is 0.386 e. The van der Waals surface area contributed by atoms with Crippen molar-refractivity contribution in [2.75, 3.05) is 6.54 Å². The Morgan fingerprint density at radius 1 is 1.08 bits per heavy atom. The van der Waals surface area contributed by atoms with Crippen molar-refractivity contribution in [3.05, 3.63) is 65.7 Å². The fraction of sp³-hybridized carbons (Fsp3) is 0.294. The summed E-state index contributed by atoms with van der Waals surface area (Å²) in [5.41, 5.74) is -2.05. The molecule has 0 radical (unpaired) electrons. The molecule has 8 heteroatoms. The van der Waals surface area contributed by atoms with E-state index in [2.05, 4.69) is 0 Å². The number of halogens is 3. The number of hydrogen-bond acceptors (Lipinski definition) is 3. The van der Waals surface area contributed by atoms with Crippen molar-refractivity contribution in [1.82, 2.24) is 4.31 Å². The topological polar surface area (TPSA) is 57.4 Å². The standard InChI is InChI=1S/C17H16F3NO3S/c1-12-7-9-14(10-8-12)25(23,24)21-11-16(21,17(18,19)20)15(22)13-5-3-2-4-6-13/h2-10,15,22H,11H2,1H3/t15-,16+,21?/m1/s1. The van der Waals surface area contributed by atoms with Crippen molar-refractivity contribution in [2.45, 2.75) is 29.6 Å². The molecule has 1 heterocycles. The molecule has 0 amide bonds. The average Bonchev–Trinajstić information content (AvgIpc) is 3.33. The van der Waals surface area contributed by atoms with E-state index < -0.39 is 34.4 Å². The summed E-state index contributed by atoms with van der Waals surface area (Å²) >= 11 is 0. The van der Waals surface area contributed by atoms with E-state index in [9.17, 15) is 26.7 Å². The van der Waals surface area contributed by atoms with Crippen molar-refractivity contribution in [3.8, 4) is 0 Å². The second-order valence-electron chi connectivity index (χ2n) is 6.06. The first-order valence-electron chi connectivity index (χ1n) is 7.50. The Bertz CT molecular complexity index is 866. The molecular formula is C17H16F3NO3S. The van der Waals surface area contributed by atoms with Gasteiger partial charge in [-0.3, -0.25) is 0 Å². The van der Waals surface area contributed by atoms with Crippen LogP contribution in [0.3, 0.4) is 0 Å². The summed E-state index contributed by atoms with van der Waals surface area (Å²) < 4.78 is 66.7. The average molecular weight is 371 g/mol. The third kappa shape index (κ3) is 2.84. The number of hydrogen-bond donors (Lipinski definition) is 1. The van der Waals surface area contributed by atoms with Crippen LogP contribution in [0.1, 0.15) is 17.2 Å². The molecule has 0 saturated carbocycles. The molecule has 4 nitrogen and oxygen atoms in total. The van der Waals surface area contributed by atoms with Gasteiger partial charge >= 0.3 is 6.18 Å². The van der Waals surface area contributed by atoms with Crippen LogP contribution < -0.4 is 0 Å². The predicted octanol–water partition coefficient (Wildman–Crippen LogP) is 3.03. The van der Waals surface area contributed by atoms with E-state index in [0.29, 0.717) is 4.31 Å². The molecule has 2 aromatic rings. The van der Waals surface area contributed by atoms with Crippen LogP contribution in [0.4, 0.5) is 13.2 Å². The number of aliphatic hydroxyl groups is 1. The highest BCUT2D eigenvalue weighted by molar-refractivity contribution is 7.89. The van der Waals surface area contributed by atoms with Gasteiger partial charge in [0.1, 0.15) is 6.10 Å². The molecule has 1 N–H and O–H groups in total. The molecule has 0 bridgehead atoms. The van der Waals surface area contributed by atoms with Gasteiger partial charge in [-0.15, -0.1) is 0 Å². The Labute approximate surface area is 143 Å². The summed E-state index contributed by atoms with van der Waals surface area (Å²) in [7, 11) is -4.37. The molecule has 3 rings (SSSR count). The lowest BCUT2D eigenvalue weighted by molar-refractivity contribution is -0.190. The first-order chi connectivity index (χ1) is 11.6. The molecule has 25 heavy (non-hydrogen) atoms. The molecule has 1 unspecified atom stereocenters. The summed E-state index contributed by atoms with van der Waals surface area (Å²) in [5.74, 6) is 0. The van der Waals surface area contributed by atoms with Crippen LogP contribution >= 0.6 is 0 Å². The number of aryl methyl sites for hydroxylation is 1. The third-order valence-electron chi connectivity index (χ3n) is 4.39. The SMILES string of the molecule is Cc1ccc(S(=O)(=O)N2C[C@]2([C@H](O)c2ccccc2)C(F)(F)F)cc1. The Balaban J connectivity index is 2.02. The lowest BCUT2D eigenvalue weighted by atomic mass is 9.95. The first-order valence-corrected chi connectivity index (χ1v) is 8.94. The zero-order chi connectivity index (χ0) is 18.5. The summed E-state index contributed by atoms with van der Waals surface area (Å²) in [5, 5.41) is 10.3. The van der Waals surface area contributed by atoms with Gasteiger partial charge in [-0.1, -0.05) is 48.0 Å². The number of alkyl halides is 3. The van der Waals surface area contributed by atoms with E-state index in [1.165, 1.54) is 48.5 Å². The fourth-order valence-corrected chi connectivity index (χ4v) is 4.57. The van der Waals surface area contributed by atoms with Crippen molar-refractivity contribution in [2.24, 2.45) is 0 Å². The van der Waals surface area contributed by atoms with Gasteiger partial charge < -0.3 is 5.11 Å². The van der Waals surface area contributed by atoms with Crippen LogP contribution in [-0.2, 0) is 10.0 Å². The quantitative estimate of drug-likeness (QED) is 0.841. The van der Waals surface area contributed by atoms with Crippen molar-refractivity contribution in [3.63, 3.8) is 0 Å². The number of nitrogens with zero attached hydrogens (tertiary/aromatic N) is 1.